The predicted molar refractivity (Wildman–Crippen MR) is 112 cm³/mol. The highest BCUT2D eigenvalue weighted by Gasteiger charge is 2.31. The molecule has 1 atom stereocenters. The van der Waals surface area contributed by atoms with Gasteiger partial charge in [-0.3, -0.25) is 9.78 Å². The van der Waals surface area contributed by atoms with Gasteiger partial charge in [0.2, 0.25) is 0 Å². The largest absolute Gasteiger partial charge is 0.417 e. The van der Waals surface area contributed by atoms with Crippen LogP contribution in [0.15, 0.2) is 42.9 Å². The van der Waals surface area contributed by atoms with E-state index in [9.17, 15) is 18.0 Å². The van der Waals surface area contributed by atoms with Crippen LogP contribution in [0.1, 0.15) is 54.1 Å². The van der Waals surface area contributed by atoms with Gasteiger partial charge in [0.25, 0.3) is 5.91 Å². The Morgan fingerprint density at radius 3 is 2.41 bits per heavy atom. The summed E-state index contributed by atoms with van der Waals surface area (Å²) in [4.78, 5) is 25.0. The summed E-state index contributed by atoms with van der Waals surface area (Å²) in [5.74, 6) is -0.240. The van der Waals surface area contributed by atoms with E-state index in [1.165, 1.54) is 23.3 Å². The zero-order valence-electron chi connectivity index (χ0n) is 18.2. The first kappa shape index (κ1) is 23.4. The van der Waals surface area contributed by atoms with E-state index >= 15 is 0 Å². The van der Waals surface area contributed by atoms with Crippen molar-refractivity contribution in [2.45, 2.75) is 52.3 Å². The highest BCUT2D eigenvalue weighted by Crippen LogP contribution is 2.28. The molecular formula is C22H25F3N6O. The summed E-state index contributed by atoms with van der Waals surface area (Å²) in [6.07, 6.45) is 1.19. The van der Waals surface area contributed by atoms with Crippen molar-refractivity contribution in [3.05, 3.63) is 65.5 Å². The number of hydrogen-bond acceptors (Lipinski definition) is 5. The standard InChI is InChI=1S/C22H25F3N6O/c1-4-18(10-9-17-8-7-16(14-26-17)22(23,24)25)30(5-2)21(32)20-19(11-6-15(3)29-20)31-27-12-13-28-31/h6-8,11-14,18H,4-5,9-10H2,1-3H3/t18-/m0/s1. The summed E-state index contributed by atoms with van der Waals surface area (Å²) >= 11 is 0. The molecule has 0 spiro atoms. The van der Waals surface area contributed by atoms with Crippen molar-refractivity contribution < 1.29 is 18.0 Å². The summed E-state index contributed by atoms with van der Waals surface area (Å²) in [6, 6.07) is 5.84. The lowest BCUT2D eigenvalue weighted by Crippen LogP contribution is -2.41. The highest BCUT2D eigenvalue weighted by molar-refractivity contribution is 5.96. The number of alkyl halides is 3. The molecule has 0 aliphatic rings. The molecule has 32 heavy (non-hydrogen) atoms. The van der Waals surface area contributed by atoms with Gasteiger partial charge < -0.3 is 4.90 Å². The molecule has 0 saturated heterocycles. The Morgan fingerprint density at radius 2 is 1.84 bits per heavy atom. The van der Waals surface area contributed by atoms with Crippen molar-refractivity contribution in [1.29, 1.82) is 0 Å². The lowest BCUT2D eigenvalue weighted by Gasteiger charge is -2.30. The van der Waals surface area contributed by atoms with E-state index in [0.29, 0.717) is 42.9 Å². The first-order valence-electron chi connectivity index (χ1n) is 10.4. The minimum atomic E-state index is -4.41. The van der Waals surface area contributed by atoms with Crippen LogP contribution in [0.3, 0.4) is 0 Å². The normalized spacial score (nSPS) is 12.6. The number of halogens is 3. The Bertz CT molecular complexity index is 1030. The van der Waals surface area contributed by atoms with E-state index in [-0.39, 0.29) is 17.6 Å². The summed E-state index contributed by atoms with van der Waals surface area (Å²) < 4.78 is 38.3. The van der Waals surface area contributed by atoms with Crippen LogP contribution >= 0.6 is 0 Å². The number of carbonyl (C=O) groups excluding carboxylic acids is 1. The van der Waals surface area contributed by atoms with Crippen LogP contribution in [0.2, 0.25) is 0 Å². The minimum Gasteiger partial charge on any atom is -0.335 e. The molecule has 0 bridgehead atoms. The summed E-state index contributed by atoms with van der Waals surface area (Å²) in [6.45, 7) is 6.12. The summed E-state index contributed by atoms with van der Waals surface area (Å²) in [7, 11) is 0. The molecule has 0 radical (unpaired) electrons. The van der Waals surface area contributed by atoms with Crippen LogP contribution < -0.4 is 0 Å². The average Bonchev–Trinajstić information content (AvgIpc) is 3.30. The minimum absolute atomic E-state index is 0.127. The zero-order valence-corrected chi connectivity index (χ0v) is 18.2. The third-order valence-corrected chi connectivity index (χ3v) is 5.25. The van der Waals surface area contributed by atoms with Crippen LogP contribution in [0.4, 0.5) is 13.2 Å². The number of aromatic nitrogens is 5. The smallest absolute Gasteiger partial charge is 0.335 e. The topological polar surface area (TPSA) is 76.8 Å². The van der Waals surface area contributed by atoms with Crippen LogP contribution in [0.5, 0.6) is 0 Å². The molecule has 3 rings (SSSR count). The van der Waals surface area contributed by atoms with Gasteiger partial charge in [-0.05, 0) is 57.4 Å². The maximum atomic E-state index is 13.5. The van der Waals surface area contributed by atoms with Gasteiger partial charge in [-0.25, -0.2) is 4.98 Å². The Morgan fingerprint density at radius 1 is 1.12 bits per heavy atom. The van der Waals surface area contributed by atoms with Crippen molar-refractivity contribution in [3.8, 4) is 5.69 Å². The van der Waals surface area contributed by atoms with Crippen LogP contribution in [0.25, 0.3) is 5.69 Å². The molecule has 0 unspecified atom stereocenters. The highest BCUT2D eigenvalue weighted by atomic mass is 19.4. The maximum Gasteiger partial charge on any atom is 0.417 e. The van der Waals surface area contributed by atoms with Crippen molar-refractivity contribution in [3.63, 3.8) is 0 Å². The second kappa shape index (κ2) is 9.88. The van der Waals surface area contributed by atoms with Gasteiger partial charge in [0.15, 0.2) is 5.69 Å². The second-order valence-corrected chi connectivity index (χ2v) is 7.37. The van der Waals surface area contributed by atoms with Crippen molar-refractivity contribution in [2.24, 2.45) is 0 Å². The lowest BCUT2D eigenvalue weighted by atomic mass is 10.0. The summed E-state index contributed by atoms with van der Waals surface area (Å²) in [5.41, 5.74) is 1.22. The monoisotopic (exact) mass is 446 g/mol. The van der Waals surface area contributed by atoms with Crippen molar-refractivity contribution in [2.75, 3.05) is 6.54 Å². The molecule has 0 saturated carbocycles. The lowest BCUT2D eigenvalue weighted by molar-refractivity contribution is -0.137. The fraction of sp³-hybridized carbons (Fsp3) is 0.409. The number of carbonyl (C=O) groups is 1. The van der Waals surface area contributed by atoms with Gasteiger partial charge >= 0.3 is 6.18 Å². The number of hydrogen-bond donors (Lipinski definition) is 0. The van der Waals surface area contributed by atoms with Gasteiger partial charge in [0.1, 0.15) is 5.69 Å². The van der Waals surface area contributed by atoms with Crippen LogP contribution in [-0.2, 0) is 12.6 Å². The van der Waals surface area contributed by atoms with E-state index in [1.807, 2.05) is 13.8 Å². The molecule has 3 aromatic rings. The first-order chi connectivity index (χ1) is 15.2. The Hall–Kier alpha value is -3.30. The number of rotatable bonds is 8. The average molecular weight is 446 g/mol. The Balaban J connectivity index is 1.79. The number of amides is 1. The molecule has 3 aromatic heterocycles. The van der Waals surface area contributed by atoms with E-state index < -0.39 is 11.7 Å². The number of nitrogens with zero attached hydrogens (tertiary/aromatic N) is 6. The fourth-order valence-electron chi connectivity index (χ4n) is 3.55. The third kappa shape index (κ3) is 5.30. The molecule has 0 aliphatic carbocycles. The van der Waals surface area contributed by atoms with Gasteiger partial charge in [0, 0.05) is 30.2 Å². The predicted octanol–water partition coefficient (Wildman–Crippen LogP) is 4.26. The number of pyridine rings is 2. The molecule has 1 amide bonds. The van der Waals surface area contributed by atoms with Gasteiger partial charge in [-0.1, -0.05) is 6.92 Å². The SMILES string of the molecule is CC[C@@H](CCc1ccc(C(F)(F)F)cn1)N(CC)C(=O)c1nc(C)ccc1-n1nccn1. The molecule has 0 N–H and O–H groups in total. The van der Waals surface area contributed by atoms with Crippen LogP contribution in [-0.4, -0.2) is 48.4 Å². The second-order valence-electron chi connectivity index (χ2n) is 7.37. The van der Waals surface area contributed by atoms with Gasteiger partial charge in [-0.2, -0.15) is 23.4 Å². The molecular weight excluding hydrogens is 421 g/mol. The van der Waals surface area contributed by atoms with Gasteiger partial charge in [-0.15, -0.1) is 4.80 Å². The Labute approximate surface area is 184 Å². The summed E-state index contributed by atoms with van der Waals surface area (Å²) in [5, 5.41) is 8.23. The third-order valence-electron chi connectivity index (χ3n) is 5.25. The molecule has 170 valence electrons. The molecule has 7 nitrogen and oxygen atoms in total. The molecule has 10 heteroatoms. The van der Waals surface area contributed by atoms with Crippen molar-refractivity contribution in [1.82, 2.24) is 29.9 Å². The fourth-order valence-corrected chi connectivity index (χ4v) is 3.55. The maximum absolute atomic E-state index is 13.5. The van der Waals surface area contributed by atoms with Gasteiger partial charge in [0.05, 0.1) is 18.0 Å². The van der Waals surface area contributed by atoms with Crippen LogP contribution in [0, 0.1) is 6.92 Å². The number of aryl methyl sites for hydroxylation is 2. The Kier molecular flexibility index (Phi) is 7.22. The first-order valence-corrected chi connectivity index (χ1v) is 10.4. The van der Waals surface area contributed by atoms with Crippen molar-refractivity contribution >= 4 is 5.91 Å². The molecule has 0 fully saturated rings. The quantitative estimate of drug-likeness (QED) is 0.517. The molecule has 0 aliphatic heterocycles. The molecule has 3 heterocycles. The van der Waals surface area contributed by atoms with E-state index in [1.54, 1.807) is 24.0 Å². The zero-order chi connectivity index (χ0) is 23.3. The van der Waals surface area contributed by atoms with E-state index in [2.05, 4.69) is 20.2 Å². The van der Waals surface area contributed by atoms with E-state index in [0.717, 1.165) is 12.3 Å². The molecule has 0 aromatic carbocycles. The van der Waals surface area contributed by atoms with E-state index in [4.69, 9.17) is 0 Å².